The maximum Gasteiger partial charge on any atom is 0.319 e. The highest BCUT2D eigenvalue weighted by Gasteiger charge is 2.52. The fraction of sp³-hybridized carbons (Fsp3) is 0.611. The van der Waals surface area contributed by atoms with E-state index >= 15 is 0 Å². The number of benzene rings is 1. The van der Waals surface area contributed by atoms with E-state index in [1.165, 1.54) is 0 Å². The number of hydrogen-bond donors (Lipinski definition) is 3. The number of carbonyl (C=O) groups is 1. The van der Waals surface area contributed by atoms with Gasteiger partial charge in [0.2, 0.25) is 0 Å². The lowest BCUT2D eigenvalue weighted by molar-refractivity contribution is -0.177. The summed E-state index contributed by atoms with van der Waals surface area (Å²) in [4.78, 5) is 14.6. The number of amides is 2. The fourth-order valence-corrected chi connectivity index (χ4v) is 4.00. The molecule has 3 N–H and O–H groups in total. The van der Waals surface area contributed by atoms with E-state index in [-0.39, 0.29) is 18.2 Å². The summed E-state index contributed by atoms with van der Waals surface area (Å²) in [5, 5.41) is 16.5. The zero-order chi connectivity index (χ0) is 18.1. The van der Waals surface area contributed by atoms with Crippen molar-refractivity contribution in [3.63, 3.8) is 0 Å². The highest BCUT2D eigenvalue weighted by molar-refractivity contribution is 5.89. The van der Waals surface area contributed by atoms with Crippen LogP contribution in [-0.4, -0.2) is 73.4 Å². The molecule has 3 aliphatic rings. The monoisotopic (exact) mass is 363 g/mol. The van der Waals surface area contributed by atoms with Crippen LogP contribution in [0.4, 0.5) is 10.5 Å². The number of fused-ring (bicyclic) bond motifs is 2. The number of urea groups is 1. The predicted octanol–water partition coefficient (Wildman–Crippen LogP) is 0.766. The molecule has 3 heterocycles. The van der Waals surface area contributed by atoms with Gasteiger partial charge in [-0.2, -0.15) is 0 Å². The first kappa shape index (κ1) is 17.5. The van der Waals surface area contributed by atoms with Crippen molar-refractivity contribution in [1.82, 2.24) is 10.2 Å². The van der Waals surface area contributed by atoms with E-state index < -0.39 is 18.4 Å². The zero-order valence-electron chi connectivity index (χ0n) is 14.8. The molecule has 0 saturated carbocycles. The number of aliphatic hydroxyl groups is 1. The van der Waals surface area contributed by atoms with E-state index in [1.807, 2.05) is 0 Å². The summed E-state index contributed by atoms with van der Waals surface area (Å²) < 4.78 is 16.7. The van der Waals surface area contributed by atoms with Gasteiger partial charge in [0.15, 0.2) is 6.29 Å². The second kappa shape index (κ2) is 7.40. The summed E-state index contributed by atoms with van der Waals surface area (Å²) in [5.74, 6) is 0.717. The molecule has 1 aromatic carbocycles. The van der Waals surface area contributed by atoms with Crippen molar-refractivity contribution in [2.75, 3.05) is 32.1 Å². The van der Waals surface area contributed by atoms with Crippen LogP contribution in [-0.2, 0) is 9.47 Å². The molecule has 3 aliphatic heterocycles. The molecule has 2 bridgehead atoms. The predicted molar refractivity (Wildman–Crippen MR) is 94.2 cm³/mol. The Hall–Kier alpha value is -1.87. The summed E-state index contributed by atoms with van der Waals surface area (Å²) in [6, 6.07) is 5.91. The standard InChI is InChI=1S/C18H25N3O5/c1-24-12-6-4-11(5-7-12)19-18(23)20-14-13-10-25-17(26-13)15(16(14)22)21-8-2-3-9-21/h4-7,13-17,22H,2-3,8-10H2,1H3,(H2,19,20,23)/t13-,14-,15-,16+,17-/m1/s1. The summed E-state index contributed by atoms with van der Waals surface area (Å²) in [6.45, 7) is 2.21. The first-order chi connectivity index (χ1) is 12.7. The number of methoxy groups -OCH3 is 1. The third-order valence-electron chi connectivity index (χ3n) is 5.34. The van der Waals surface area contributed by atoms with Crippen LogP contribution >= 0.6 is 0 Å². The summed E-state index contributed by atoms with van der Waals surface area (Å²) >= 11 is 0. The van der Waals surface area contributed by atoms with E-state index in [2.05, 4.69) is 15.5 Å². The highest BCUT2D eigenvalue weighted by atomic mass is 16.7. The Labute approximate surface area is 152 Å². The number of likely N-dealkylation sites (tertiary alicyclic amines) is 1. The lowest BCUT2D eigenvalue weighted by Gasteiger charge is -2.42. The normalized spacial score (nSPS) is 33.8. The van der Waals surface area contributed by atoms with E-state index in [1.54, 1.807) is 31.4 Å². The number of hydrogen-bond acceptors (Lipinski definition) is 6. The van der Waals surface area contributed by atoms with Crippen molar-refractivity contribution in [3.05, 3.63) is 24.3 Å². The van der Waals surface area contributed by atoms with E-state index in [0.29, 0.717) is 12.3 Å². The lowest BCUT2D eigenvalue weighted by atomic mass is 9.95. The first-order valence-electron chi connectivity index (χ1n) is 9.06. The highest BCUT2D eigenvalue weighted by Crippen LogP contribution is 2.33. The quantitative estimate of drug-likeness (QED) is 0.732. The molecular weight excluding hydrogens is 338 g/mol. The van der Waals surface area contributed by atoms with Gasteiger partial charge >= 0.3 is 6.03 Å². The number of ether oxygens (including phenoxy) is 3. The van der Waals surface area contributed by atoms with Gasteiger partial charge in [-0.05, 0) is 50.2 Å². The largest absolute Gasteiger partial charge is 0.497 e. The first-order valence-corrected chi connectivity index (χ1v) is 9.06. The van der Waals surface area contributed by atoms with Crippen LogP contribution in [0.25, 0.3) is 0 Å². The Balaban J connectivity index is 1.41. The average molecular weight is 363 g/mol. The van der Waals surface area contributed by atoms with Gasteiger partial charge in [-0.25, -0.2) is 4.79 Å². The van der Waals surface area contributed by atoms with Crippen molar-refractivity contribution in [3.8, 4) is 5.75 Å². The molecule has 4 rings (SSSR count). The van der Waals surface area contributed by atoms with E-state index in [4.69, 9.17) is 14.2 Å². The van der Waals surface area contributed by atoms with Crippen LogP contribution in [0.5, 0.6) is 5.75 Å². The van der Waals surface area contributed by atoms with Gasteiger partial charge in [0.05, 0.1) is 31.9 Å². The zero-order valence-corrected chi connectivity index (χ0v) is 14.8. The maximum atomic E-state index is 12.4. The van der Waals surface area contributed by atoms with Crippen LogP contribution in [0.3, 0.4) is 0 Å². The molecule has 0 aliphatic carbocycles. The summed E-state index contributed by atoms with van der Waals surface area (Å²) in [6.07, 6.45) is 0.720. The molecule has 0 radical (unpaired) electrons. The van der Waals surface area contributed by atoms with Gasteiger partial charge in [-0.3, -0.25) is 4.90 Å². The van der Waals surface area contributed by atoms with Crippen LogP contribution < -0.4 is 15.4 Å². The molecule has 3 saturated heterocycles. The van der Waals surface area contributed by atoms with Crippen molar-refractivity contribution >= 4 is 11.7 Å². The summed E-state index contributed by atoms with van der Waals surface area (Å²) in [5.41, 5.74) is 0.645. The van der Waals surface area contributed by atoms with Gasteiger partial charge in [0, 0.05) is 5.69 Å². The van der Waals surface area contributed by atoms with Crippen molar-refractivity contribution < 1.29 is 24.1 Å². The average Bonchev–Trinajstić information content (AvgIpc) is 3.31. The van der Waals surface area contributed by atoms with Crippen LogP contribution in [0.15, 0.2) is 24.3 Å². The second-order valence-corrected chi connectivity index (χ2v) is 6.95. The number of aliphatic hydroxyl groups excluding tert-OH is 1. The van der Waals surface area contributed by atoms with Crippen LogP contribution in [0.1, 0.15) is 12.8 Å². The smallest absolute Gasteiger partial charge is 0.319 e. The Morgan fingerprint density at radius 2 is 2.00 bits per heavy atom. The molecule has 0 spiro atoms. The molecule has 8 heteroatoms. The van der Waals surface area contributed by atoms with E-state index in [0.717, 1.165) is 31.7 Å². The maximum absolute atomic E-state index is 12.4. The third kappa shape index (κ3) is 3.37. The SMILES string of the molecule is COc1ccc(NC(=O)N[C@H]2[C@H](O)[C@@H](N3CCCC3)[C@@H]3OC[C@H]2O3)cc1. The molecule has 26 heavy (non-hydrogen) atoms. The molecule has 8 nitrogen and oxygen atoms in total. The number of nitrogens with zero attached hydrogens (tertiary/aromatic N) is 1. The minimum Gasteiger partial charge on any atom is -0.497 e. The number of carbonyl (C=O) groups excluding carboxylic acids is 1. The van der Waals surface area contributed by atoms with Crippen molar-refractivity contribution in [1.29, 1.82) is 0 Å². The van der Waals surface area contributed by atoms with E-state index in [9.17, 15) is 9.90 Å². The Bertz CT molecular complexity index is 632. The molecule has 5 atom stereocenters. The molecule has 3 fully saturated rings. The van der Waals surface area contributed by atoms with Crippen LogP contribution in [0.2, 0.25) is 0 Å². The molecule has 0 unspecified atom stereocenters. The molecular formula is C18H25N3O5. The topological polar surface area (TPSA) is 92.3 Å². The van der Waals surface area contributed by atoms with Gasteiger partial charge in [-0.1, -0.05) is 0 Å². The molecule has 142 valence electrons. The third-order valence-corrected chi connectivity index (χ3v) is 5.34. The molecule has 2 amide bonds. The minimum absolute atomic E-state index is 0.248. The Morgan fingerprint density at radius 1 is 1.27 bits per heavy atom. The number of anilines is 1. The molecule has 0 aromatic heterocycles. The van der Waals surface area contributed by atoms with Gasteiger partial charge in [-0.15, -0.1) is 0 Å². The van der Waals surface area contributed by atoms with Gasteiger partial charge < -0.3 is 30.0 Å². The number of nitrogens with one attached hydrogen (secondary N) is 2. The van der Waals surface area contributed by atoms with Crippen molar-refractivity contribution in [2.24, 2.45) is 0 Å². The number of rotatable bonds is 4. The van der Waals surface area contributed by atoms with Crippen molar-refractivity contribution in [2.45, 2.75) is 43.4 Å². The summed E-state index contributed by atoms with van der Waals surface area (Å²) in [7, 11) is 1.59. The van der Waals surface area contributed by atoms with Gasteiger partial charge in [0.25, 0.3) is 0 Å². The Morgan fingerprint density at radius 3 is 2.69 bits per heavy atom. The van der Waals surface area contributed by atoms with Crippen LogP contribution in [0, 0.1) is 0 Å². The lowest BCUT2D eigenvalue weighted by Crippen LogP contribution is -2.65. The fourth-order valence-electron chi connectivity index (χ4n) is 4.00. The minimum atomic E-state index is -0.735. The second-order valence-electron chi connectivity index (χ2n) is 6.95. The Kier molecular flexibility index (Phi) is 4.99. The van der Waals surface area contributed by atoms with Gasteiger partial charge in [0.1, 0.15) is 11.9 Å². The molecule has 1 aromatic rings.